The van der Waals surface area contributed by atoms with Crippen molar-refractivity contribution in [1.82, 2.24) is 14.9 Å². The fraction of sp³-hybridized carbons (Fsp3) is 0.167. The Labute approximate surface area is 118 Å². The van der Waals surface area contributed by atoms with E-state index < -0.39 is 11.5 Å². The summed E-state index contributed by atoms with van der Waals surface area (Å²) in [4.78, 5) is 24.4. The molecule has 0 saturated carbocycles. The summed E-state index contributed by atoms with van der Waals surface area (Å²) < 4.78 is 5.36. The largest absolute Gasteiger partial charge is 0.460 e. The third kappa shape index (κ3) is 2.91. The number of carbonyl (C=O) groups is 1. The van der Waals surface area contributed by atoms with Crippen molar-refractivity contribution in [2.24, 2.45) is 0 Å². The number of nitrogens with two attached hydrogens (primary N) is 1. The van der Waals surface area contributed by atoms with Crippen LogP contribution in [0.25, 0.3) is 12.2 Å². The summed E-state index contributed by atoms with van der Waals surface area (Å²) in [5.41, 5.74) is -0.565. The van der Waals surface area contributed by atoms with Crippen LogP contribution in [0.2, 0.25) is 0 Å². The van der Waals surface area contributed by atoms with Crippen LogP contribution >= 0.6 is 11.3 Å². The molecule has 2 aromatic rings. The number of esters is 1. The number of hydrogen-bond acceptors (Lipinski definition) is 7. The molecule has 0 fully saturated rings. The molecule has 0 aromatic carbocycles. The normalized spacial score (nSPS) is 10.8. The van der Waals surface area contributed by atoms with E-state index in [1.807, 2.05) is 17.5 Å². The first kappa shape index (κ1) is 13.9. The highest BCUT2D eigenvalue weighted by atomic mass is 32.1. The van der Waals surface area contributed by atoms with E-state index in [1.165, 1.54) is 17.4 Å². The number of rotatable bonds is 4. The van der Waals surface area contributed by atoms with Gasteiger partial charge in [-0.15, -0.1) is 21.5 Å². The molecule has 7 nitrogen and oxygen atoms in total. The van der Waals surface area contributed by atoms with E-state index in [0.29, 0.717) is 4.68 Å². The van der Waals surface area contributed by atoms with Crippen molar-refractivity contribution in [1.29, 1.82) is 0 Å². The second kappa shape index (κ2) is 6.11. The maximum atomic E-state index is 11.9. The third-order valence-electron chi connectivity index (χ3n) is 2.33. The number of ether oxygens (including phenoxy) is 1. The molecular weight excluding hydrogens is 280 g/mol. The number of nitrogen functional groups attached to an aromatic ring is 1. The van der Waals surface area contributed by atoms with Gasteiger partial charge in [0.15, 0.2) is 5.69 Å². The molecule has 2 aromatic heterocycles. The molecule has 0 bridgehead atoms. The van der Waals surface area contributed by atoms with Crippen LogP contribution in [0.4, 0.5) is 0 Å². The minimum Gasteiger partial charge on any atom is -0.460 e. The first-order chi connectivity index (χ1) is 9.63. The molecule has 0 aliphatic carbocycles. The van der Waals surface area contributed by atoms with Gasteiger partial charge in [0.25, 0.3) is 11.4 Å². The average molecular weight is 292 g/mol. The smallest absolute Gasteiger partial charge is 0.378 e. The maximum Gasteiger partial charge on any atom is 0.378 e. The van der Waals surface area contributed by atoms with Gasteiger partial charge in [0.05, 0.1) is 6.61 Å². The van der Waals surface area contributed by atoms with Gasteiger partial charge in [-0.05, 0) is 30.5 Å². The van der Waals surface area contributed by atoms with Crippen molar-refractivity contribution in [2.45, 2.75) is 6.92 Å². The SMILES string of the molecule is CCOC(=O)c1nnc(/C=C/c2cccs2)c(=O)n1N. The lowest BCUT2D eigenvalue weighted by Gasteiger charge is -2.05. The zero-order valence-electron chi connectivity index (χ0n) is 10.6. The van der Waals surface area contributed by atoms with Gasteiger partial charge in [-0.25, -0.2) is 4.79 Å². The van der Waals surface area contributed by atoms with Crippen LogP contribution in [0, 0.1) is 0 Å². The zero-order valence-corrected chi connectivity index (χ0v) is 11.5. The second-order valence-corrected chi connectivity index (χ2v) is 4.63. The lowest BCUT2D eigenvalue weighted by Crippen LogP contribution is -2.36. The van der Waals surface area contributed by atoms with Crippen LogP contribution in [-0.2, 0) is 4.74 Å². The summed E-state index contributed by atoms with van der Waals surface area (Å²) in [5.74, 6) is 4.42. The molecule has 104 valence electrons. The fourth-order valence-corrected chi connectivity index (χ4v) is 2.02. The lowest BCUT2D eigenvalue weighted by atomic mass is 10.3. The van der Waals surface area contributed by atoms with Crippen molar-refractivity contribution < 1.29 is 9.53 Å². The van der Waals surface area contributed by atoms with Crippen LogP contribution in [0.15, 0.2) is 22.3 Å². The van der Waals surface area contributed by atoms with Crippen molar-refractivity contribution in [2.75, 3.05) is 12.4 Å². The molecule has 0 saturated heterocycles. The Morgan fingerprint density at radius 2 is 2.30 bits per heavy atom. The minimum absolute atomic E-state index is 0.0500. The summed E-state index contributed by atoms with van der Waals surface area (Å²) >= 11 is 1.52. The van der Waals surface area contributed by atoms with Gasteiger partial charge in [0, 0.05) is 4.88 Å². The third-order valence-corrected chi connectivity index (χ3v) is 3.16. The molecule has 0 aliphatic heterocycles. The maximum absolute atomic E-state index is 11.9. The number of aromatic nitrogens is 3. The van der Waals surface area contributed by atoms with E-state index in [-0.39, 0.29) is 18.1 Å². The van der Waals surface area contributed by atoms with E-state index in [2.05, 4.69) is 10.2 Å². The van der Waals surface area contributed by atoms with Gasteiger partial charge in [0.1, 0.15) is 0 Å². The van der Waals surface area contributed by atoms with Crippen molar-refractivity contribution in [3.05, 3.63) is 44.3 Å². The minimum atomic E-state index is -0.784. The van der Waals surface area contributed by atoms with Gasteiger partial charge in [-0.3, -0.25) is 4.79 Å². The highest BCUT2D eigenvalue weighted by Gasteiger charge is 2.16. The lowest BCUT2D eigenvalue weighted by molar-refractivity contribution is 0.0504. The van der Waals surface area contributed by atoms with Crippen LogP contribution in [0.5, 0.6) is 0 Å². The fourth-order valence-electron chi connectivity index (χ4n) is 1.40. The number of carbonyl (C=O) groups excluding carboxylic acids is 1. The van der Waals surface area contributed by atoms with Crippen LogP contribution < -0.4 is 11.4 Å². The highest BCUT2D eigenvalue weighted by Crippen LogP contribution is 2.11. The number of hydrogen-bond donors (Lipinski definition) is 1. The number of thiophene rings is 1. The molecule has 0 spiro atoms. The Hall–Kier alpha value is -2.48. The van der Waals surface area contributed by atoms with Gasteiger partial charge in [-0.2, -0.15) is 4.68 Å². The summed E-state index contributed by atoms with van der Waals surface area (Å²) in [5, 5.41) is 9.23. The molecule has 0 radical (unpaired) electrons. The first-order valence-corrected chi connectivity index (χ1v) is 6.65. The summed E-state index contributed by atoms with van der Waals surface area (Å²) in [7, 11) is 0. The molecule has 8 heteroatoms. The molecule has 2 rings (SSSR count). The Kier molecular flexibility index (Phi) is 4.26. The molecule has 2 N–H and O–H groups in total. The highest BCUT2D eigenvalue weighted by molar-refractivity contribution is 7.10. The van der Waals surface area contributed by atoms with E-state index in [0.717, 1.165) is 4.88 Å². The Morgan fingerprint density at radius 3 is 2.95 bits per heavy atom. The molecule has 0 amide bonds. The summed E-state index contributed by atoms with van der Waals surface area (Å²) in [6.07, 6.45) is 3.22. The van der Waals surface area contributed by atoms with Crippen molar-refractivity contribution in [3.63, 3.8) is 0 Å². The molecule has 0 unspecified atom stereocenters. The van der Waals surface area contributed by atoms with E-state index in [9.17, 15) is 9.59 Å². The predicted octanol–water partition coefficient (Wildman–Crippen LogP) is 0.761. The molecule has 0 aliphatic rings. The number of nitrogens with zero attached hydrogens (tertiary/aromatic N) is 3. The quantitative estimate of drug-likeness (QED) is 0.659. The van der Waals surface area contributed by atoms with Gasteiger partial charge >= 0.3 is 5.97 Å². The van der Waals surface area contributed by atoms with Gasteiger partial charge < -0.3 is 10.6 Å². The monoisotopic (exact) mass is 292 g/mol. The molecule has 0 atom stereocenters. The Morgan fingerprint density at radius 1 is 1.50 bits per heavy atom. The zero-order chi connectivity index (χ0) is 14.5. The predicted molar refractivity (Wildman–Crippen MR) is 75.6 cm³/mol. The van der Waals surface area contributed by atoms with Gasteiger partial charge in [-0.1, -0.05) is 6.07 Å². The van der Waals surface area contributed by atoms with Crippen LogP contribution in [0.1, 0.15) is 28.1 Å². The first-order valence-electron chi connectivity index (χ1n) is 5.77. The van der Waals surface area contributed by atoms with Crippen LogP contribution in [0.3, 0.4) is 0 Å². The average Bonchev–Trinajstić information content (AvgIpc) is 2.94. The second-order valence-electron chi connectivity index (χ2n) is 3.65. The standard InChI is InChI=1S/C12H12N4O3S/c1-2-19-12(18)10-15-14-9(11(17)16(10)13)6-5-8-4-3-7-20-8/h3-7H,2,13H2,1H3/b6-5+. The molecule has 2 heterocycles. The van der Waals surface area contributed by atoms with E-state index >= 15 is 0 Å². The van der Waals surface area contributed by atoms with E-state index in [1.54, 1.807) is 13.0 Å². The molecular formula is C12H12N4O3S. The van der Waals surface area contributed by atoms with Crippen molar-refractivity contribution >= 4 is 29.5 Å². The molecule has 20 heavy (non-hydrogen) atoms. The van der Waals surface area contributed by atoms with Gasteiger partial charge in [0.2, 0.25) is 0 Å². The van der Waals surface area contributed by atoms with Crippen molar-refractivity contribution in [3.8, 4) is 0 Å². The summed E-state index contributed by atoms with van der Waals surface area (Å²) in [6, 6.07) is 3.78. The topological polar surface area (TPSA) is 100 Å². The Bertz CT molecular complexity index is 691. The Balaban J connectivity index is 2.32. The van der Waals surface area contributed by atoms with E-state index in [4.69, 9.17) is 10.6 Å². The van der Waals surface area contributed by atoms with Crippen LogP contribution in [-0.4, -0.2) is 27.4 Å². The summed E-state index contributed by atoms with van der Waals surface area (Å²) in [6.45, 7) is 1.80.